The van der Waals surface area contributed by atoms with Crippen LogP contribution in [0.3, 0.4) is 0 Å². The monoisotopic (exact) mass is 429 g/mol. The maximum absolute atomic E-state index is 9.20. The molecule has 1 unspecified atom stereocenters. The second-order valence-electron chi connectivity index (χ2n) is 6.06. The number of benzene rings is 1. The maximum atomic E-state index is 9.20. The Labute approximate surface area is 165 Å². The van der Waals surface area contributed by atoms with Crippen LogP contribution in [0.2, 0.25) is 0 Å². The van der Waals surface area contributed by atoms with Crippen LogP contribution >= 0.6 is 15.9 Å². The summed E-state index contributed by atoms with van der Waals surface area (Å²) in [6.45, 7) is 6.54. The van der Waals surface area contributed by atoms with Crippen LogP contribution in [-0.2, 0) is 6.54 Å². The summed E-state index contributed by atoms with van der Waals surface area (Å²) in [7, 11) is 3.24. The van der Waals surface area contributed by atoms with Crippen LogP contribution in [0.4, 0.5) is 0 Å². The Hall–Kier alpha value is -1.47. The topological polar surface area (TPSA) is 75.1 Å². The van der Waals surface area contributed by atoms with Gasteiger partial charge in [-0.25, -0.2) is 4.99 Å². The smallest absolute Gasteiger partial charge is 0.191 e. The molecule has 148 valence electrons. The van der Waals surface area contributed by atoms with Gasteiger partial charge in [-0.15, -0.1) is 0 Å². The van der Waals surface area contributed by atoms with E-state index in [9.17, 15) is 5.11 Å². The van der Waals surface area contributed by atoms with Gasteiger partial charge in [-0.2, -0.15) is 0 Å². The molecule has 0 bridgehead atoms. The van der Waals surface area contributed by atoms with Gasteiger partial charge in [0.05, 0.1) is 25.2 Å². The number of hydrogen-bond donors (Lipinski definition) is 3. The third kappa shape index (κ3) is 7.41. The number of halogens is 1. The fourth-order valence-electron chi connectivity index (χ4n) is 2.76. The first kappa shape index (κ1) is 22.6. The van der Waals surface area contributed by atoms with E-state index in [1.807, 2.05) is 19.1 Å². The average molecular weight is 430 g/mol. The van der Waals surface area contributed by atoms with Gasteiger partial charge in [0.1, 0.15) is 0 Å². The molecule has 0 aliphatic heterocycles. The number of methoxy groups -OCH3 is 2. The van der Waals surface area contributed by atoms with Gasteiger partial charge < -0.3 is 25.2 Å². The Bertz CT molecular complexity index is 561. The Kier molecular flexibility index (Phi) is 11.1. The molecule has 1 rings (SSSR count). The van der Waals surface area contributed by atoms with Crippen molar-refractivity contribution in [2.75, 3.05) is 33.9 Å². The van der Waals surface area contributed by atoms with Gasteiger partial charge in [-0.05, 0) is 59.3 Å². The molecular formula is C19H32BrN3O3. The fraction of sp³-hybridized carbons (Fsp3) is 0.632. The van der Waals surface area contributed by atoms with Gasteiger partial charge in [0.2, 0.25) is 0 Å². The van der Waals surface area contributed by atoms with Gasteiger partial charge in [-0.1, -0.05) is 13.3 Å². The van der Waals surface area contributed by atoms with Crippen molar-refractivity contribution < 1.29 is 14.6 Å². The molecule has 0 radical (unpaired) electrons. The Morgan fingerprint density at radius 2 is 1.96 bits per heavy atom. The van der Waals surface area contributed by atoms with Gasteiger partial charge in [-0.3, -0.25) is 0 Å². The zero-order valence-electron chi connectivity index (χ0n) is 16.3. The van der Waals surface area contributed by atoms with E-state index in [2.05, 4.69) is 38.5 Å². The molecular weight excluding hydrogens is 398 g/mol. The highest BCUT2D eigenvalue weighted by molar-refractivity contribution is 9.10. The van der Waals surface area contributed by atoms with E-state index in [0.717, 1.165) is 48.3 Å². The number of nitrogens with zero attached hydrogens (tertiary/aromatic N) is 1. The number of ether oxygens (including phenoxy) is 2. The highest BCUT2D eigenvalue weighted by Gasteiger charge is 2.11. The van der Waals surface area contributed by atoms with Crippen molar-refractivity contribution in [1.29, 1.82) is 0 Å². The standard InChI is InChI=1S/C19H32BrN3O3/c1-5-7-14(8-9-24)12-22-19(21-6-2)23-13-15-10-16(20)18(26-4)17(11-15)25-3/h10-11,14,24H,5-9,12-13H2,1-4H3,(H2,21,22,23). The van der Waals surface area contributed by atoms with Crippen molar-refractivity contribution in [1.82, 2.24) is 10.6 Å². The second kappa shape index (κ2) is 12.8. The van der Waals surface area contributed by atoms with Crippen LogP contribution in [0.25, 0.3) is 0 Å². The predicted octanol–water partition coefficient (Wildman–Crippen LogP) is 3.32. The molecule has 0 fully saturated rings. The number of aliphatic imine (C=N–C) groups is 1. The Morgan fingerprint density at radius 1 is 1.19 bits per heavy atom. The molecule has 1 aromatic rings. The first-order chi connectivity index (χ1) is 12.6. The minimum Gasteiger partial charge on any atom is -0.493 e. The number of nitrogens with one attached hydrogen (secondary N) is 2. The van der Waals surface area contributed by atoms with Crippen molar-refractivity contribution in [2.24, 2.45) is 10.9 Å². The number of guanidine groups is 1. The molecule has 3 N–H and O–H groups in total. The molecule has 1 aromatic carbocycles. The summed E-state index contributed by atoms with van der Waals surface area (Å²) in [6.07, 6.45) is 3.01. The van der Waals surface area contributed by atoms with Crippen molar-refractivity contribution in [2.45, 2.75) is 39.7 Å². The lowest BCUT2D eigenvalue weighted by Crippen LogP contribution is -2.40. The summed E-state index contributed by atoms with van der Waals surface area (Å²) in [5.74, 6) is 2.58. The van der Waals surface area contributed by atoms with E-state index >= 15 is 0 Å². The molecule has 0 saturated carbocycles. The van der Waals surface area contributed by atoms with Crippen molar-refractivity contribution in [3.63, 3.8) is 0 Å². The number of rotatable bonds is 11. The molecule has 0 spiro atoms. The molecule has 6 nitrogen and oxygen atoms in total. The van der Waals surface area contributed by atoms with Crippen LogP contribution in [0.1, 0.15) is 38.7 Å². The van der Waals surface area contributed by atoms with Gasteiger partial charge >= 0.3 is 0 Å². The minimum absolute atomic E-state index is 0.222. The highest BCUT2D eigenvalue weighted by Crippen LogP contribution is 2.36. The SMILES string of the molecule is CCCC(CCO)CNC(=NCc1cc(Br)c(OC)c(OC)c1)NCC. The van der Waals surface area contributed by atoms with Gasteiger partial charge in [0.25, 0.3) is 0 Å². The lowest BCUT2D eigenvalue weighted by atomic mass is 10.0. The minimum atomic E-state index is 0.222. The molecule has 0 aromatic heterocycles. The number of hydrogen-bond acceptors (Lipinski definition) is 4. The van der Waals surface area contributed by atoms with Crippen molar-refractivity contribution >= 4 is 21.9 Å². The zero-order chi connectivity index (χ0) is 19.4. The van der Waals surface area contributed by atoms with Crippen molar-refractivity contribution in [3.8, 4) is 11.5 Å². The number of aliphatic hydroxyl groups excluding tert-OH is 1. The van der Waals surface area contributed by atoms with Gasteiger partial charge in [0.15, 0.2) is 17.5 Å². The molecule has 0 aliphatic rings. The van der Waals surface area contributed by atoms with Crippen LogP contribution < -0.4 is 20.1 Å². The predicted molar refractivity (Wildman–Crippen MR) is 110 cm³/mol. The molecule has 0 saturated heterocycles. The lowest BCUT2D eigenvalue weighted by Gasteiger charge is -2.18. The average Bonchev–Trinajstić information content (AvgIpc) is 2.63. The van der Waals surface area contributed by atoms with E-state index in [0.29, 0.717) is 24.0 Å². The normalized spacial score (nSPS) is 12.6. The lowest BCUT2D eigenvalue weighted by molar-refractivity contribution is 0.251. The highest BCUT2D eigenvalue weighted by atomic mass is 79.9. The maximum Gasteiger partial charge on any atom is 0.191 e. The first-order valence-electron chi connectivity index (χ1n) is 9.12. The molecule has 0 heterocycles. The largest absolute Gasteiger partial charge is 0.493 e. The van der Waals surface area contributed by atoms with Gasteiger partial charge in [0, 0.05) is 19.7 Å². The summed E-state index contributed by atoms with van der Waals surface area (Å²) in [5.41, 5.74) is 1.02. The zero-order valence-corrected chi connectivity index (χ0v) is 17.9. The Morgan fingerprint density at radius 3 is 2.54 bits per heavy atom. The van der Waals surface area contributed by atoms with Crippen LogP contribution in [-0.4, -0.2) is 45.0 Å². The molecule has 0 aliphatic carbocycles. The van der Waals surface area contributed by atoms with E-state index in [1.165, 1.54) is 0 Å². The molecule has 1 atom stereocenters. The summed E-state index contributed by atoms with van der Waals surface area (Å²) < 4.78 is 11.6. The summed E-state index contributed by atoms with van der Waals surface area (Å²) in [6, 6.07) is 3.92. The fourth-order valence-corrected chi connectivity index (χ4v) is 3.41. The first-order valence-corrected chi connectivity index (χ1v) is 9.92. The molecule has 26 heavy (non-hydrogen) atoms. The van der Waals surface area contributed by atoms with Crippen LogP contribution in [0.5, 0.6) is 11.5 Å². The molecule has 7 heteroatoms. The second-order valence-corrected chi connectivity index (χ2v) is 6.91. The quantitative estimate of drug-likeness (QED) is 0.371. The summed E-state index contributed by atoms with van der Waals surface area (Å²) in [4.78, 5) is 4.66. The summed E-state index contributed by atoms with van der Waals surface area (Å²) >= 11 is 3.51. The number of aliphatic hydroxyl groups is 1. The third-order valence-electron chi connectivity index (χ3n) is 4.05. The Balaban J connectivity index is 2.81. The van der Waals surface area contributed by atoms with E-state index in [1.54, 1.807) is 14.2 Å². The van der Waals surface area contributed by atoms with E-state index in [-0.39, 0.29) is 6.61 Å². The molecule has 0 amide bonds. The third-order valence-corrected chi connectivity index (χ3v) is 4.64. The summed E-state index contributed by atoms with van der Waals surface area (Å²) in [5, 5.41) is 15.9. The van der Waals surface area contributed by atoms with Crippen LogP contribution in [0.15, 0.2) is 21.6 Å². The van der Waals surface area contributed by atoms with E-state index in [4.69, 9.17) is 9.47 Å². The van der Waals surface area contributed by atoms with E-state index < -0.39 is 0 Å². The van der Waals surface area contributed by atoms with Crippen molar-refractivity contribution in [3.05, 3.63) is 22.2 Å². The van der Waals surface area contributed by atoms with Crippen LogP contribution in [0, 0.1) is 5.92 Å².